The Kier molecular flexibility index (Phi) is 7.84. The van der Waals surface area contributed by atoms with Crippen molar-refractivity contribution in [2.45, 2.75) is 13.0 Å². The molecule has 0 atom stereocenters. The average Bonchev–Trinajstić information content (AvgIpc) is 3.01. The lowest BCUT2D eigenvalue weighted by Gasteiger charge is -2.13. The number of carbonyl (C=O) groups is 1. The molecule has 1 saturated heterocycles. The molecule has 158 valence electrons. The molecule has 2 aromatic carbocycles. The van der Waals surface area contributed by atoms with Crippen LogP contribution < -0.4 is 14.8 Å². The summed E-state index contributed by atoms with van der Waals surface area (Å²) in [5.74, 6) is 1.34. The molecular weight excluding hydrogens is 468 g/mol. The summed E-state index contributed by atoms with van der Waals surface area (Å²) in [4.78, 5) is 14.2. The van der Waals surface area contributed by atoms with Gasteiger partial charge in [0.15, 0.2) is 5.11 Å². The van der Waals surface area contributed by atoms with Gasteiger partial charge in [-0.3, -0.25) is 9.69 Å². The summed E-state index contributed by atoms with van der Waals surface area (Å²) >= 11 is 8.71. The van der Waals surface area contributed by atoms with Gasteiger partial charge in [-0.2, -0.15) is 0 Å². The van der Waals surface area contributed by atoms with Crippen LogP contribution in [0.1, 0.15) is 17.5 Å². The van der Waals surface area contributed by atoms with Crippen molar-refractivity contribution in [3.05, 3.63) is 63.8 Å². The van der Waals surface area contributed by atoms with Gasteiger partial charge in [0, 0.05) is 30.3 Å². The number of hydrogen-bond acceptors (Lipinski definition) is 5. The second kappa shape index (κ2) is 10.6. The van der Waals surface area contributed by atoms with Gasteiger partial charge in [-0.15, -0.1) is 0 Å². The Balaban J connectivity index is 1.74. The maximum absolute atomic E-state index is 12.7. The first-order valence-corrected chi connectivity index (χ1v) is 10.6. The highest BCUT2D eigenvalue weighted by Gasteiger charge is 2.30. The molecule has 1 amide bonds. The third kappa shape index (κ3) is 5.59. The number of rotatable bonds is 9. The van der Waals surface area contributed by atoms with Crippen LogP contribution in [0.2, 0.25) is 0 Å². The number of carbonyl (C=O) groups excluding carboxylic acids is 1. The summed E-state index contributed by atoms with van der Waals surface area (Å²) in [6.45, 7) is 1.43. The van der Waals surface area contributed by atoms with E-state index in [0.717, 1.165) is 33.5 Å². The van der Waals surface area contributed by atoms with Gasteiger partial charge < -0.3 is 19.5 Å². The molecule has 0 saturated carbocycles. The van der Waals surface area contributed by atoms with Gasteiger partial charge in [0.05, 0.1) is 7.11 Å². The van der Waals surface area contributed by atoms with E-state index in [1.165, 1.54) is 0 Å². The van der Waals surface area contributed by atoms with Gasteiger partial charge in [0.1, 0.15) is 23.8 Å². The van der Waals surface area contributed by atoms with Crippen molar-refractivity contribution in [3.8, 4) is 11.5 Å². The van der Waals surface area contributed by atoms with Crippen LogP contribution in [-0.2, 0) is 16.1 Å². The van der Waals surface area contributed by atoms with Crippen molar-refractivity contribution in [1.82, 2.24) is 10.2 Å². The largest absolute Gasteiger partial charge is 0.496 e. The molecular formula is C22H23BrN2O4S. The number of nitrogens with zero attached hydrogens (tertiary/aromatic N) is 1. The molecule has 1 heterocycles. The smallest absolute Gasteiger partial charge is 0.276 e. The lowest BCUT2D eigenvalue weighted by atomic mass is 10.1. The van der Waals surface area contributed by atoms with Gasteiger partial charge in [-0.1, -0.05) is 22.0 Å². The monoisotopic (exact) mass is 490 g/mol. The van der Waals surface area contributed by atoms with Gasteiger partial charge in [-0.05, 0) is 66.7 Å². The average molecular weight is 491 g/mol. The summed E-state index contributed by atoms with van der Waals surface area (Å²) in [7, 11) is 3.25. The maximum Gasteiger partial charge on any atom is 0.276 e. The van der Waals surface area contributed by atoms with Crippen LogP contribution >= 0.6 is 28.1 Å². The van der Waals surface area contributed by atoms with Crippen molar-refractivity contribution in [2.24, 2.45) is 0 Å². The molecule has 0 unspecified atom stereocenters. The number of halogens is 1. The number of nitrogens with one attached hydrogen (secondary N) is 1. The van der Waals surface area contributed by atoms with Crippen molar-refractivity contribution < 1.29 is 19.0 Å². The number of benzene rings is 2. The number of amides is 1. The maximum atomic E-state index is 12.7. The number of methoxy groups -OCH3 is 2. The van der Waals surface area contributed by atoms with E-state index < -0.39 is 0 Å². The zero-order chi connectivity index (χ0) is 21.5. The first-order chi connectivity index (χ1) is 14.5. The van der Waals surface area contributed by atoms with E-state index in [1.807, 2.05) is 42.5 Å². The van der Waals surface area contributed by atoms with Gasteiger partial charge in [0.2, 0.25) is 0 Å². The summed E-state index contributed by atoms with van der Waals surface area (Å²) < 4.78 is 17.4. The predicted molar refractivity (Wildman–Crippen MR) is 123 cm³/mol. The molecule has 30 heavy (non-hydrogen) atoms. The number of hydrogen-bond donors (Lipinski definition) is 1. The lowest BCUT2D eigenvalue weighted by Crippen LogP contribution is -2.32. The van der Waals surface area contributed by atoms with Gasteiger partial charge in [-0.25, -0.2) is 0 Å². The molecule has 0 radical (unpaired) electrons. The van der Waals surface area contributed by atoms with Crippen LogP contribution in [0.15, 0.2) is 52.6 Å². The van der Waals surface area contributed by atoms with E-state index >= 15 is 0 Å². The van der Waals surface area contributed by atoms with E-state index in [9.17, 15) is 4.79 Å². The van der Waals surface area contributed by atoms with Crippen molar-refractivity contribution >= 4 is 45.2 Å². The third-order valence-electron chi connectivity index (χ3n) is 4.52. The van der Waals surface area contributed by atoms with E-state index in [-0.39, 0.29) is 5.91 Å². The molecule has 1 N–H and O–H groups in total. The van der Waals surface area contributed by atoms with Crippen LogP contribution in [0.25, 0.3) is 6.08 Å². The minimum atomic E-state index is -0.139. The molecule has 8 heteroatoms. The second-order valence-electron chi connectivity index (χ2n) is 6.61. The summed E-state index contributed by atoms with van der Waals surface area (Å²) in [6, 6.07) is 13.3. The molecule has 1 aliphatic heterocycles. The predicted octanol–water partition coefficient (Wildman–Crippen LogP) is 4.13. The number of ether oxygens (including phenoxy) is 3. The molecule has 0 bridgehead atoms. The summed E-state index contributed by atoms with van der Waals surface area (Å²) in [6.07, 6.45) is 2.50. The fourth-order valence-corrected chi connectivity index (χ4v) is 3.55. The molecule has 1 aliphatic rings. The molecule has 1 fully saturated rings. The lowest BCUT2D eigenvalue weighted by molar-refractivity contribution is -0.122. The Bertz CT molecular complexity index is 947. The molecule has 0 spiro atoms. The molecule has 2 aromatic rings. The Morgan fingerprint density at radius 3 is 2.63 bits per heavy atom. The van der Waals surface area contributed by atoms with E-state index in [4.69, 9.17) is 26.4 Å². The van der Waals surface area contributed by atoms with Gasteiger partial charge >= 0.3 is 0 Å². The highest BCUT2D eigenvalue weighted by Crippen LogP contribution is 2.25. The summed E-state index contributed by atoms with van der Waals surface area (Å²) in [5.41, 5.74) is 2.17. The van der Waals surface area contributed by atoms with Crippen molar-refractivity contribution in [3.63, 3.8) is 0 Å². The Morgan fingerprint density at radius 2 is 1.93 bits per heavy atom. The van der Waals surface area contributed by atoms with E-state index in [0.29, 0.717) is 30.6 Å². The first kappa shape index (κ1) is 22.3. The molecule has 0 aliphatic carbocycles. The minimum absolute atomic E-state index is 0.139. The fourth-order valence-electron chi connectivity index (χ4n) is 3.00. The zero-order valence-electron chi connectivity index (χ0n) is 16.8. The Hall–Kier alpha value is -2.42. The SMILES string of the molecule is COCCCN1C(=O)/C(=C\c2ccc(OC)c(COc3ccc(Br)cc3)c2)NC1=S. The highest BCUT2D eigenvalue weighted by molar-refractivity contribution is 9.10. The normalized spacial score (nSPS) is 14.9. The van der Waals surface area contributed by atoms with Crippen LogP contribution in [0.5, 0.6) is 11.5 Å². The van der Waals surface area contributed by atoms with E-state index in [2.05, 4.69) is 21.2 Å². The Morgan fingerprint density at radius 1 is 1.17 bits per heavy atom. The summed E-state index contributed by atoms with van der Waals surface area (Å²) in [5, 5.41) is 3.41. The quantitative estimate of drug-likeness (QED) is 0.324. The van der Waals surface area contributed by atoms with Crippen molar-refractivity contribution in [1.29, 1.82) is 0 Å². The van der Waals surface area contributed by atoms with Crippen molar-refractivity contribution in [2.75, 3.05) is 27.4 Å². The fraction of sp³-hybridized carbons (Fsp3) is 0.273. The van der Waals surface area contributed by atoms with E-state index in [1.54, 1.807) is 25.2 Å². The molecule has 3 rings (SSSR count). The van der Waals surface area contributed by atoms with Crippen LogP contribution in [0.4, 0.5) is 0 Å². The standard InChI is InChI=1S/C22H23BrN2O4S/c1-27-11-3-10-25-21(26)19(24-22(25)30)13-15-4-9-20(28-2)16(12-15)14-29-18-7-5-17(23)6-8-18/h4-9,12-13H,3,10-11,14H2,1-2H3,(H,24,30)/b19-13+. The van der Waals surface area contributed by atoms with Crippen LogP contribution in [0, 0.1) is 0 Å². The third-order valence-corrected chi connectivity index (χ3v) is 5.37. The number of thiocarbonyl (C=S) groups is 1. The second-order valence-corrected chi connectivity index (χ2v) is 7.91. The topological polar surface area (TPSA) is 60.0 Å². The highest BCUT2D eigenvalue weighted by atomic mass is 79.9. The Labute approximate surface area is 189 Å². The molecule has 6 nitrogen and oxygen atoms in total. The minimum Gasteiger partial charge on any atom is -0.496 e. The van der Waals surface area contributed by atoms with Crippen LogP contribution in [0.3, 0.4) is 0 Å². The molecule has 0 aromatic heterocycles. The first-order valence-electron chi connectivity index (χ1n) is 9.40. The zero-order valence-corrected chi connectivity index (χ0v) is 19.2. The van der Waals surface area contributed by atoms with Gasteiger partial charge in [0.25, 0.3) is 5.91 Å². The van der Waals surface area contributed by atoms with Crippen LogP contribution in [-0.4, -0.2) is 43.3 Å².